The molecule has 0 unspecified atom stereocenters. The molecule has 4 rings (SSSR count). The van der Waals surface area contributed by atoms with Crippen LogP contribution in [0.3, 0.4) is 0 Å². The monoisotopic (exact) mass is 472 g/mol. The molecule has 3 amide bonds. The number of imide groups is 1. The summed E-state index contributed by atoms with van der Waals surface area (Å²) in [5.74, 6) is -0.0970. The molecule has 2 aromatic rings. The number of fused-ring (bicyclic) bond motifs is 1. The van der Waals surface area contributed by atoms with Gasteiger partial charge in [0.2, 0.25) is 5.91 Å². The lowest BCUT2D eigenvalue weighted by Crippen LogP contribution is -2.37. The van der Waals surface area contributed by atoms with Crippen molar-refractivity contribution in [2.45, 2.75) is 12.8 Å². The van der Waals surface area contributed by atoms with Crippen molar-refractivity contribution < 1.29 is 19.1 Å². The minimum Gasteiger partial charge on any atom is -0.378 e. The summed E-state index contributed by atoms with van der Waals surface area (Å²) in [4.78, 5) is 45.1. The molecule has 0 spiro atoms. The highest BCUT2D eigenvalue weighted by molar-refractivity contribution is 9.10. The Bertz CT molecular complexity index is 991. The molecule has 0 aliphatic carbocycles. The molecule has 1 N–H and O–H groups in total. The van der Waals surface area contributed by atoms with E-state index in [-0.39, 0.29) is 30.7 Å². The predicted octanol–water partition coefficient (Wildman–Crippen LogP) is 2.70. The topological polar surface area (TPSA) is 91.8 Å². The minimum atomic E-state index is -0.321. The van der Waals surface area contributed by atoms with Crippen LogP contribution in [-0.2, 0) is 9.53 Å². The Morgan fingerprint density at radius 3 is 2.70 bits per heavy atom. The summed E-state index contributed by atoms with van der Waals surface area (Å²) in [6.07, 6.45) is 2.27. The van der Waals surface area contributed by atoms with Crippen molar-refractivity contribution in [1.29, 1.82) is 0 Å². The van der Waals surface area contributed by atoms with Crippen LogP contribution in [0.1, 0.15) is 33.6 Å². The highest BCUT2D eigenvalue weighted by atomic mass is 79.9. The maximum atomic E-state index is 12.5. The lowest BCUT2D eigenvalue weighted by atomic mass is 10.1. The van der Waals surface area contributed by atoms with Crippen LogP contribution < -0.4 is 10.2 Å². The van der Waals surface area contributed by atoms with Gasteiger partial charge in [0.1, 0.15) is 0 Å². The number of carbonyl (C=O) groups excluding carboxylic acids is 3. The third-order valence-electron chi connectivity index (χ3n) is 5.09. The number of hydrogen-bond donors (Lipinski definition) is 1. The van der Waals surface area contributed by atoms with Crippen LogP contribution in [0.15, 0.2) is 41.0 Å². The van der Waals surface area contributed by atoms with Gasteiger partial charge in [-0.1, -0.05) is 15.9 Å². The predicted molar refractivity (Wildman–Crippen MR) is 115 cm³/mol. The van der Waals surface area contributed by atoms with E-state index in [0.29, 0.717) is 36.4 Å². The zero-order valence-electron chi connectivity index (χ0n) is 16.3. The third kappa shape index (κ3) is 4.22. The zero-order valence-corrected chi connectivity index (χ0v) is 17.9. The van der Waals surface area contributed by atoms with Gasteiger partial charge in [0.15, 0.2) is 5.82 Å². The van der Waals surface area contributed by atoms with Crippen molar-refractivity contribution >= 4 is 45.2 Å². The fourth-order valence-corrected chi connectivity index (χ4v) is 3.96. The molecular formula is C21H21BrN4O4. The van der Waals surface area contributed by atoms with Crippen molar-refractivity contribution in [1.82, 2.24) is 9.88 Å². The lowest BCUT2D eigenvalue weighted by Gasteiger charge is -2.29. The Balaban J connectivity index is 1.33. The van der Waals surface area contributed by atoms with Gasteiger partial charge in [-0.15, -0.1) is 0 Å². The standard InChI is InChI=1S/C21H21BrN4O4/c22-14-5-6-15-16(13-14)21(29)26(20(15)28)8-2-4-18(27)24-17-3-1-7-23-19(17)25-9-11-30-12-10-25/h1,3,5-7,13H,2,4,8-12H2,(H,24,27). The number of hydrogen-bond acceptors (Lipinski definition) is 6. The van der Waals surface area contributed by atoms with Crippen LogP contribution in [-0.4, -0.2) is 60.5 Å². The molecule has 1 aromatic carbocycles. The summed E-state index contributed by atoms with van der Waals surface area (Å²) in [5, 5.41) is 2.90. The number of halogens is 1. The molecule has 3 heterocycles. The van der Waals surface area contributed by atoms with Crippen LogP contribution in [0.4, 0.5) is 11.5 Å². The number of aromatic nitrogens is 1. The molecule has 0 atom stereocenters. The van der Waals surface area contributed by atoms with Gasteiger partial charge in [-0.25, -0.2) is 4.98 Å². The van der Waals surface area contributed by atoms with Gasteiger partial charge < -0.3 is 15.0 Å². The van der Waals surface area contributed by atoms with Crippen LogP contribution in [0.5, 0.6) is 0 Å². The van der Waals surface area contributed by atoms with Gasteiger partial charge in [-0.2, -0.15) is 0 Å². The Hall–Kier alpha value is -2.78. The van der Waals surface area contributed by atoms with Crippen LogP contribution in [0.25, 0.3) is 0 Å². The van der Waals surface area contributed by atoms with E-state index >= 15 is 0 Å². The van der Waals surface area contributed by atoms with E-state index in [1.54, 1.807) is 30.5 Å². The first-order valence-corrected chi connectivity index (χ1v) is 10.6. The summed E-state index contributed by atoms with van der Waals surface area (Å²) in [6, 6.07) is 8.62. The first kappa shape index (κ1) is 20.5. The average Bonchev–Trinajstić information content (AvgIpc) is 2.99. The highest BCUT2D eigenvalue weighted by Gasteiger charge is 2.35. The molecule has 0 bridgehead atoms. The first-order chi connectivity index (χ1) is 14.5. The Kier molecular flexibility index (Phi) is 6.10. The summed E-state index contributed by atoms with van der Waals surface area (Å²) in [5.41, 5.74) is 1.44. The molecule has 8 nitrogen and oxygen atoms in total. The summed E-state index contributed by atoms with van der Waals surface area (Å²) < 4.78 is 6.12. The molecule has 156 valence electrons. The fraction of sp³-hybridized carbons (Fsp3) is 0.333. The maximum Gasteiger partial charge on any atom is 0.261 e. The smallest absolute Gasteiger partial charge is 0.261 e. The Morgan fingerprint density at radius 2 is 1.90 bits per heavy atom. The second-order valence-electron chi connectivity index (χ2n) is 7.08. The molecular weight excluding hydrogens is 452 g/mol. The number of anilines is 2. The molecule has 0 radical (unpaired) electrons. The van der Waals surface area contributed by atoms with Crippen LogP contribution in [0, 0.1) is 0 Å². The fourth-order valence-electron chi connectivity index (χ4n) is 3.60. The minimum absolute atomic E-state index is 0.183. The molecule has 9 heteroatoms. The Morgan fingerprint density at radius 1 is 1.13 bits per heavy atom. The molecule has 0 saturated carbocycles. The van der Waals surface area contributed by atoms with E-state index < -0.39 is 0 Å². The molecule has 2 aliphatic heterocycles. The van der Waals surface area contributed by atoms with Gasteiger partial charge in [-0.3, -0.25) is 19.3 Å². The number of benzene rings is 1. The van der Waals surface area contributed by atoms with Crippen molar-refractivity contribution in [2.75, 3.05) is 43.1 Å². The van der Waals surface area contributed by atoms with Crippen molar-refractivity contribution in [3.8, 4) is 0 Å². The van der Waals surface area contributed by atoms with E-state index in [1.165, 1.54) is 4.90 Å². The van der Waals surface area contributed by atoms with Crippen molar-refractivity contribution in [3.05, 3.63) is 52.1 Å². The number of ether oxygens (including phenoxy) is 1. The zero-order chi connectivity index (χ0) is 21.1. The maximum absolute atomic E-state index is 12.5. The number of nitrogens with one attached hydrogen (secondary N) is 1. The van der Waals surface area contributed by atoms with Gasteiger partial charge in [-0.05, 0) is 36.8 Å². The van der Waals surface area contributed by atoms with Crippen molar-refractivity contribution in [2.24, 2.45) is 0 Å². The van der Waals surface area contributed by atoms with Gasteiger partial charge in [0.25, 0.3) is 11.8 Å². The van der Waals surface area contributed by atoms with Crippen LogP contribution in [0.2, 0.25) is 0 Å². The second-order valence-corrected chi connectivity index (χ2v) is 7.99. The molecule has 2 aliphatic rings. The van der Waals surface area contributed by atoms with E-state index in [4.69, 9.17) is 4.74 Å². The summed E-state index contributed by atoms with van der Waals surface area (Å²) in [6.45, 7) is 2.88. The normalized spacial score (nSPS) is 16.0. The number of nitrogens with zero attached hydrogens (tertiary/aromatic N) is 3. The number of carbonyl (C=O) groups is 3. The average molecular weight is 473 g/mol. The molecule has 1 fully saturated rings. The largest absolute Gasteiger partial charge is 0.378 e. The Labute approximate surface area is 182 Å². The van der Waals surface area contributed by atoms with E-state index in [9.17, 15) is 14.4 Å². The van der Waals surface area contributed by atoms with Crippen LogP contribution >= 0.6 is 15.9 Å². The van der Waals surface area contributed by atoms with E-state index in [1.807, 2.05) is 6.07 Å². The lowest BCUT2D eigenvalue weighted by molar-refractivity contribution is -0.116. The van der Waals surface area contributed by atoms with Gasteiger partial charge in [0, 0.05) is 36.7 Å². The SMILES string of the molecule is O=C(CCCN1C(=O)c2ccc(Br)cc2C1=O)Nc1cccnc1N1CCOCC1. The number of rotatable bonds is 6. The molecule has 30 heavy (non-hydrogen) atoms. The third-order valence-corrected chi connectivity index (χ3v) is 5.58. The molecule has 1 aromatic heterocycles. The summed E-state index contributed by atoms with van der Waals surface area (Å²) >= 11 is 3.32. The van der Waals surface area contributed by atoms with E-state index in [0.717, 1.165) is 23.4 Å². The highest BCUT2D eigenvalue weighted by Crippen LogP contribution is 2.27. The van der Waals surface area contributed by atoms with Gasteiger partial charge in [0.05, 0.1) is 30.0 Å². The second kappa shape index (κ2) is 8.93. The summed E-state index contributed by atoms with van der Waals surface area (Å²) in [7, 11) is 0. The van der Waals surface area contributed by atoms with Gasteiger partial charge >= 0.3 is 0 Å². The molecule has 1 saturated heterocycles. The number of pyridine rings is 1. The number of morpholine rings is 1. The number of amides is 3. The van der Waals surface area contributed by atoms with E-state index in [2.05, 4.69) is 31.1 Å². The van der Waals surface area contributed by atoms with Crippen molar-refractivity contribution in [3.63, 3.8) is 0 Å². The first-order valence-electron chi connectivity index (χ1n) is 9.78. The quantitative estimate of drug-likeness (QED) is 0.649.